The number of aryl methyl sites for hydroxylation is 1. The molecule has 0 atom stereocenters. The first-order valence-electron chi connectivity index (χ1n) is 12.3. The molecular formula is C25H31N3O5. The van der Waals surface area contributed by atoms with Crippen molar-refractivity contribution in [3.8, 4) is 17.2 Å². The van der Waals surface area contributed by atoms with Crippen LogP contribution in [0, 0.1) is 0 Å². The summed E-state index contributed by atoms with van der Waals surface area (Å²) in [5, 5.41) is 13.0. The van der Waals surface area contributed by atoms with Gasteiger partial charge in [0.05, 0.1) is 29.0 Å². The number of carbonyl (C=O) groups excluding carboxylic acids is 1. The molecule has 0 radical (unpaired) electrons. The molecule has 0 bridgehead atoms. The van der Waals surface area contributed by atoms with Crippen LogP contribution in [0.2, 0.25) is 0 Å². The predicted octanol–water partition coefficient (Wildman–Crippen LogP) is 4.75. The van der Waals surface area contributed by atoms with E-state index in [2.05, 4.69) is 5.10 Å². The fraction of sp³-hybridized carbons (Fsp3) is 0.400. The molecule has 1 aromatic carbocycles. The first kappa shape index (κ1) is 20.1. The summed E-state index contributed by atoms with van der Waals surface area (Å²) in [5.74, 6) is -0.845. The molecule has 0 saturated carbocycles. The van der Waals surface area contributed by atoms with Crippen LogP contribution in [0.25, 0.3) is 11.3 Å². The van der Waals surface area contributed by atoms with Gasteiger partial charge in [0.1, 0.15) is 5.76 Å². The van der Waals surface area contributed by atoms with Crippen LogP contribution in [-0.4, -0.2) is 44.3 Å². The van der Waals surface area contributed by atoms with E-state index in [-0.39, 0.29) is 30.0 Å². The number of nitrogens with zero attached hydrogens (tertiary/aromatic N) is 3. The van der Waals surface area contributed by atoms with Crippen LogP contribution >= 0.6 is 0 Å². The summed E-state index contributed by atoms with van der Waals surface area (Å²) in [6, 6.07) is 8.50. The van der Waals surface area contributed by atoms with Gasteiger partial charge in [-0.15, -0.1) is 5.10 Å². The van der Waals surface area contributed by atoms with Crippen molar-refractivity contribution in [1.82, 2.24) is 14.7 Å². The van der Waals surface area contributed by atoms with E-state index in [9.17, 15) is 9.59 Å². The topological polar surface area (TPSA) is 97.8 Å². The van der Waals surface area contributed by atoms with Gasteiger partial charge in [-0.3, -0.25) is 14.3 Å². The largest absolute Gasteiger partial charge is 0.481 e. The van der Waals surface area contributed by atoms with E-state index in [1.165, 1.54) is 24.7 Å². The Morgan fingerprint density at radius 2 is 2.00 bits per heavy atom. The first-order chi connectivity index (χ1) is 16.9. The number of carbonyl (C=O) groups is 2. The van der Waals surface area contributed by atoms with E-state index >= 15 is 0 Å². The maximum absolute atomic E-state index is 13.5. The second-order valence-corrected chi connectivity index (χ2v) is 7.83. The normalized spacial score (nSPS) is 13.1. The Kier molecular flexibility index (Phi) is 6.91. The molecule has 176 valence electrons. The van der Waals surface area contributed by atoms with Gasteiger partial charge in [-0.1, -0.05) is 12.1 Å². The minimum atomic E-state index is -2.42. The van der Waals surface area contributed by atoms with Gasteiger partial charge in [-0.25, -0.2) is 0 Å². The molecule has 0 fully saturated rings. The van der Waals surface area contributed by atoms with Crippen molar-refractivity contribution in [2.75, 3.05) is 6.61 Å². The molecule has 33 heavy (non-hydrogen) atoms. The summed E-state index contributed by atoms with van der Waals surface area (Å²) in [6.45, 7) is 0.680. The third-order valence-corrected chi connectivity index (χ3v) is 4.89. The van der Waals surface area contributed by atoms with Gasteiger partial charge in [0.2, 0.25) is 5.88 Å². The Balaban J connectivity index is 1.83. The molecule has 0 aliphatic carbocycles. The molecule has 0 spiro atoms. The van der Waals surface area contributed by atoms with E-state index in [0.717, 1.165) is 10.5 Å². The van der Waals surface area contributed by atoms with Crippen molar-refractivity contribution in [2.45, 2.75) is 52.0 Å². The Bertz CT molecular complexity index is 1170. The van der Waals surface area contributed by atoms with Crippen molar-refractivity contribution in [1.29, 1.82) is 0 Å². The molecule has 8 nitrogen and oxygen atoms in total. The Hall–Kier alpha value is -3.55. The van der Waals surface area contributed by atoms with Crippen LogP contribution in [0.15, 0.2) is 53.3 Å². The first-order valence-corrected chi connectivity index (χ1v) is 10.8. The summed E-state index contributed by atoms with van der Waals surface area (Å²) >= 11 is 0. The van der Waals surface area contributed by atoms with Gasteiger partial charge in [-0.2, -0.15) is 0 Å². The van der Waals surface area contributed by atoms with Gasteiger partial charge in [0, 0.05) is 36.8 Å². The Labute approximate surface area is 198 Å². The lowest BCUT2D eigenvalue weighted by Gasteiger charge is -2.27. The van der Waals surface area contributed by atoms with E-state index < -0.39 is 24.4 Å². The van der Waals surface area contributed by atoms with Crippen LogP contribution in [0.5, 0.6) is 5.88 Å². The molecule has 1 amide bonds. The molecule has 2 heterocycles. The summed E-state index contributed by atoms with van der Waals surface area (Å²) in [6.07, 6.45) is 4.79. The molecule has 2 aromatic heterocycles. The van der Waals surface area contributed by atoms with Crippen molar-refractivity contribution in [2.24, 2.45) is 7.05 Å². The molecule has 8 heteroatoms. The zero-order valence-electron chi connectivity index (χ0n) is 22.1. The van der Waals surface area contributed by atoms with Crippen molar-refractivity contribution in [3.63, 3.8) is 0 Å². The van der Waals surface area contributed by atoms with Gasteiger partial charge in [-0.05, 0) is 57.4 Å². The monoisotopic (exact) mass is 456 g/mol. The van der Waals surface area contributed by atoms with Crippen LogP contribution in [0.3, 0.4) is 0 Å². The quantitative estimate of drug-likeness (QED) is 0.395. The Morgan fingerprint density at radius 3 is 2.64 bits per heavy atom. The minimum absolute atomic E-state index is 0.0240. The summed E-state index contributed by atoms with van der Waals surface area (Å²) in [7, 11) is 1.62. The number of aromatic nitrogens is 2. The SMILES string of the molecule is [2H]C(C)(C)N(C(=O)c1ccc(-c2ccco2)cc1)C([2H])([2H])c1cn(C)nc1OCCCCCC(=O)O. The number of hydrogen-bond acceptors (Lipinski definition) is 5. The van der Waals surface area contributed by atoms with Gasteiger partial charge in [0.25, 0.3) is 5.91 Å². The molecule has 3 rings (SSSR count). The lowest BCUT2D eigenvalue weighted by atomic mass is 10.1. The number of furan rings is 1. The van der Waals surface area contributed by atoms with Gasteiger partial charge < -0.3 is 19.2 Å². The Morgan fingerprint density at radius 1 is 1.24 bits per heavy atom. The fourth-order valence-electron chi connectivity index (χ4n) is 3.21. The number of carboxylic acid groups (broad SMARTS) is 1. The maximum atomic E-state index is 13.5. The molecule has 3 aromatic rings. The molecule has 0 saturated heterocycles. The number of unbranched alkanes of at least 4 members (excludes halogenated alkanes) is 2. The minimum Gasteiger partial charge on any atom is -0.481 e. The molecule has 0 unspecified atom stereocenters. The highest BCUT2D eigenvalue weighted by atomic mass is 16.5. The smallest absolute Gasteiger partial charge is 0.303 e. The molecular weight excluding hydrogens is 422 g/mol. The molecule has 0 aliphatic heterocycles. The predicted molar refractivity (Wildman–Crippen MR) is 124 cm³/mol. The maximum Gasteiger partial charge on any atom is 0.303 e. The average Bonchev–Trinajstić information content (AvgIpc) is 3.45. The van der Waals surface area contributed by atoms with Crippen molar-refractivity contribution in [3.05, 3.63) is 60.0 Å². The molecule has 1 N–H and O–H groups in total. The average molecular weight is 457 g/mol. The highest BCUT2D eigenvalue weighted by molar-refractivity contribution is 5.94. The van der Waals surface area contributed by atoms with E-state index in [0.29, 0.717) is 25.0 Å². The third kappa shape index (κ3) is 6.71. The number of amides is 1. The van der Waals surface area contributed by atoms with Crippen LogP contribution < -0.4 is 4.74 Å². The highest BCUT2D eigenvalue weighted by Gasteiger charge is 2.22. The second-order valence-electron chi connectivity index (χ2n) is 7.83. The van der Waals surface area contributed by atoms with Crippen molar-refractivity contribution >= 4 is 11.9 Å². The lowest BCUT2D eigenvalue weighted by Crippen LogP contribution is -2.36. The number of benzene rings is 1. The third-order valence-electron chi connectivity index (χ3n) is 4.89. The summed E-state index contributed by atoms with van der Waals surface area (Å²) in [5.41, 5.74) is 1.01. The van der Waals surface area contributed by atoms with E-state index in [4.69, 9.17) is 18.4 Å². The number of carboxylic acids is 1. The second kappa shape index (κ2) is 11.4. The fourth-order valence-corrected chi connectivity index (χ4v) is 3.21. The standard InChI is InChI=1S/C25H31N3O5/c1-18(2)28(25(31)20-12-10-19(11-13-20)22-8-7-15-32-22)17-21-16-27(3)26-24(21)33-14-6-4-5-9-23(29)30/h7-8,10-13,15-16,18H,4-6,9,14,17H2,1-3H3,(H,29,30)/i17D2,18D. The highest BCUT2D eigenvalue weighted by Crippen LogP contribution is 2.23. The van der Waals surface area contributed by atoms with Crippen LogP contribution in [-0.2, 0) is 18.3 Å². The molecule has 0 aliphatic rings. The number of rotatable bonds is 12. The van der Waals surface area contributed by atoms with Crippen LogP contribution in [0.1, 0.15) is 59.6 Å². The number of hydrogen-bond donors (Lipinski definition) is 1. The zero-order valence-corrected chi connectivity index (χ0v) is 19.1. The van der Waals surface area contributed by atoms with E-state index in [1.54, 1.807) is 49.7 Å². The zero-order chi connectivity index (χ0) is 26.5. The summed E-state index contributed by atoms with van der Waals surface area (Å²) in [4.78, 5) is 25.1. The summed E-state index contributed by atoms with van der Waals surface area (Å²) < 4.78 is 38.9. The van der Waals surface area contributed by atoms with Gasteiger partial charge in [0.15, 0.2) is 0 Å². The van der Waals surface area contributed by atoms with E-state index in [1.807, 2.05) is 0 Å². The van der Waals surface area contributed by atoms with Crippen molar-refractivity contribution < 1.29 is 28.0 Å². The lowest BCUT2D eigenvalue weighted by molar-refractivity contribution is -0.137. The number of ether oxygens (including phenoxy) is 1. The van der Waals surface area contributed by atoms with Gasteiger partial charge >= 0.3 is 5.97 Å². The van der Waals surface area contributed by atoms with Crippen LogP contribution in [0.4, 0.5) is 0 Å². The number of aliphatic carboxylic acids is 1.